The van der Waals surface area contributed by atoms with Crippen molar-refractivity contribution in [2.75, 3.05) is 11.9 Å². The fraction of sp³-hybridized carbons (Fsp3) is 0.389. The first-order chi connectivity index (χ1) is 11.5. The lowest BCUT2D eigenvalue weighted by Gasteiger charge is -2.23. The van der Waals surface area contributed by atoms with Crippen LogP contribution in [0.5, 0.6) is 0 Å². The van der Waals surface area contributed by atoms with Crippen molar-refractivity contribution in [1.29, 1.82) is 5.26 Å². The van der Waals surface area contributed by atoms with Crippen LogP contribution in [-0.2, 0) is 4.79 Å². The first-order valence-electron chi connectivity index (χ1n) is 8.09. The van der Waals surface area contributed by atoms with Gasteiger partial charge in [-0.25, -0.2) is 4.68 Å². The zero-order chi connectivity index (χ0) is 17.2. The molecule has 24 heavy (non-hydrogen) atoms. The third kappa shape index (κ3) is 3.25. The van der Waals surface area contributed by atoms with E-state index in [-0.39, 0.29) is 18.4 Å². The van der Waals surface area contributed by atoms with Crippen LogP contribution in [0.2, 0.25) is 0 Å². The van der Waals surface area contributed by atoms with Gasteiger partial charge in [-0.15, -0.1) is 0 Å². The maximum Gasteiger partial charge on any atom is 0.240 e. The average Bonchev–Trinajstić information content (AvgIpc) is 3.38. The summed E-state index contributed by atoms with van der Waals surface area (Å²) in [7, 11) is 0. The molecule has 1 fully saturated rings. The van der Waals surface area contributed by atoms with E-state index in [1.165, 1.54) is 0 Å². The summed E-state index contributed by atoms with van der Waals surface area (Å²) >= 11 is 0. The Balaban J connectivity index is 1.62. The number of amides is 1. The largest absolute Gasteiger partial charge is 0.373 e. The van der Waals surface area contributed by atoms with Gasteiger partial charge in [-0.3, -0.25) is 4.79 Å². The number of nitrogens with zero attached hydrogens (tertiary/aromatic N) is 3. The number of para-hydroxylation sites is 1. The smallest absolute Gasteiger partial charge is 0.240 e. The number of anilines is 1. The van der Waals surface area contributed by atoms with Gasteiger partial charge in [-0.2, -0.15) is 10.4 Å². The lowest BCUT2D eigenvalue weighted by Crippen LogP contribution is -2.48. The fourth-order valence-electron chi connectivity index (χ4n) is 2.80. The van der Waals surface area contributed by atoms with Gasteiger partial charge in [0.25, 0.3) is 0 Å². The van der Waals surface area contributed by atoms with Crippen LogP contribution >= 0.6 is 0 Å². The molecule has 1 heterocycles. The van der Waals surface area contributed by atoms with Gasteiger partial charge in [0.2, 0.25) is 5.91 Å². The topological polar surface area (TPSA) is 82.7 Å². The number of hydrogen-bond donors (Lipinski definition) is 2. The minimum atomic E-state index is -0.762. The number of benzene rings is 1. The van der Waals surface area contributed by atoms with Gasteiger partial charge in [0.05, 0.1) is 35.9 Å². The Labute approximate surface area is 141 Å². The Kier molecular flexibility index (Phi) is 4.26. The predicted octanol–water partition coefficient (Wildman–Crippen LogP) is 2.40. The first-order valence-corrected chi connectivity index (χ1v) is 8.09. The molecule has 1 aliphatic carbocycles. The Hall–Kier alpha value is -2.81. The normalized spacial score (nSPS) is 16.0. The SMILES string of the molecule is Cc1c(NCC(=O)NC(C)(C#N)C2CC2)cnn1-c1ccccc1. The van der Waals surface area contributed by atoms with Crippen LogP contribution in [0.4, 0.5) is 5.69 Å². The number of nitrogens with one attached hydrogen (secondary N) is 2. The maximum absolute atomic E-state index is 12.2. The molecule has 1 aromatic carbocycles. The maximum atomic E-state index is 12.2. The third-order valence-corrected chi connectivity index (χ3v) is 4.48. The molecule has 1 aliphatic rings. The molecule has 124 valence electrons. The minimum absolute atomic E-state index is 0.116. The number of carbonyl (C=O) groups is 1. The molecule has 0 spiro atoms. The van der Waals surface area contributed by atoms with Crippen molar-refractivity contribution in [3.05, 3.63) is 42.2 Å². The lowest BCUT2D eigenvalue weighted by atomic mass is 9.98. The highest BCUT2D eigenvalue weighted by atomic mass is 16.2. The molecule has 1 unspecified atom stereocenters. The quantitative estimate of drug-likeness (QED) is 0.855. The molecular weight excluding hydrogens is 302 g/mol. The molecule has 2 aromatic rings. The molecule has 1 atom stereocenters. The zero-order valence-electron chi connectivity index (χ0n) is 13.9. The monoisotopic (exact) mass is 323 g/mol. The van der Waals surface area contributed by atoms with E-state index in [2.05, 4.69) is 21.8 Å². The van der Waals surface area contributed by atoms with Crippen LogP contribution in [0.25, 0.3) is 5.69 Å². The van der Waals surface area contributed by atoms with Gasteiger partial charge in [-0.05, 0) is 44.7 Å². The Morgan fingerprint density at radius 3 is 2.75 bits per heavy atom. The van der Waals surface area contributed by atoms with Crippen molar-refractivity contribution < 1.29 is 4.79 Å². The number of carbonyl (C=O) groups excluding carboxylic acids is 1. The molecule has 2 N–H and O–H groups in total. The molecule has 0 saturated heterocycles. The van der Waals surface area contributed by atoms with Crippen molar-refractivity contribution in [3.63, 3.8) is 0 Å². The van der Waals surface area contributed by atoms with E-state index in [9.17, 15) is 10.1 Å². The van der Waals surface area contributed by atoms with Gasteiger partial charge in [0.15, 0.2) is 0 Å². The minimum Gasteiger partial charge on any atom is -0.373 e. The highest BCUT2D eigenvalue weighted by Gasteiger charge is 2.42. The highest BCUT2D eigenvalue weighted by molar-refractivity contribution is 5.82. The summed E-state index contributed by atoms with van der Waals surface area (Å²) in [5.41, 5.74) is 1.94. The van der Waals surface area contributed by atoms with Crippen LogP contribution in [0, 0.1) is 24.2 Å². The molecule has 3 rings (SSSR count). The van der Waals surface area contributed by atoms with Crippen molar-refractivity contribution in [3.8, 4) is 11.8 Å². The van der Waals surface area contributed by atoms with Crippen molar-refractivity contribution in [2.24, 2.45) is 5.92 Å². The Morgan fingerprint density at radius 2 is 2.12 bits per heavy atom. The molecular formula is C18H21N5O. The summed E-state index contributed by atoms with van der Waals surface area (Å²) in [5, 5.41) is 19.6. The lowest BCUT2D eigenvalue weighted by molar-refractivity contribution is -0.120. The summed E-state index contributed by atoms with van der Waals surface area (Å²) < 4.78 is 1.82. The molecule has 1 aromatic heterocycles. The van der Waals surface area contributed by atoms with Crippen LogP contribution in [0.3, 0.4) is 0 Å². The molecule has 1 saturated carbocycles. The number of nitriles is 1. The summed E-state index contributed by atoms with van der Waals surface area (Å²) in [6.45, 7) is 3.86. The standard InChI is InChI=1S/C18H21N5O/c1-13-16(10-21-23(13)15-6-4-3-5-7-15)20-11-17(24)22-18(2,12-19)14-8-9-14/h3-7,10,14,20H,8-9,11H2,1-2H3,(H,22,24). The number of aromatic nitrogens is 2. The predicted molar refractivity (Wildman–Crippen MR) is 91.7 cm³/mol. The van der Waals surface area contributed by atoms with E-state index in [4.69, 9.17) is 0 Å². The molecule has 0 aliphatic heterocycles. The fourth-order valence-corrected chi connectivity index (χ4v) is 2.80. The Morgan fingerprint density at radius 1 is 1.42 bits per heavy atom. The number of hydrogen-bond acceptors (Lipinski definition) is 4. The van der Waals surface area contributed by atoms with Gasteiger partial charge in [0.1, 0.15) is 5.54 Å². The van der Waals surface area contributed by atoms with Crippen LogP contribution in [-0.4, -0.2) is 27.8 Å². The average molecular weight is 323 g/mol. The third-order valence-electron chi connectivity index (χ3n) is 4.48. The van der Waals surface area contributed by atoms with Gasteiger partial charge >= 0.3 is 0 Å². The van der Waals surface area contributed by atoms with Gasteiger partial charge < -0.3 is 10.6 Å². The summed E-state index contributed by atoms with van der Waals surface area (Å²) in [6, 6.07) is 12.1. The van der Waals surface area contributed by atoms with E-state index in [1.54, 1.807) is 13.1 Å². The highest BCUT2D eigenvalue weighted by Crippen LogP contribution is 2.39. The van der Waals surface area contributed by atoms with Crippen molar-refractivity contribution in [2.45, 2.75) is 32.2 Å². The molecule has 0 bridgehead atoms. The number of rotatable bonds is 6. The van der Waals surface area contributed by atoms with Gasteiger partial charge in [-0.1, -0.05) is 18.2 Å². The molecule has 6 heteroatoms. The van der Waals surface area contributed by atoms with E-state index < -0.39 is 5.54 Å². The second-order valence-corrected chi connectivity index (χ2v) is 6.38. The van der Waals surface area contributed by atoms with Gasteiger partial charge in [0, 0.05) is 0 Å². The van der Waals surface area contributed by atoms with E-state index in [0.29, 0.717) is 0 Å². The van der Waals surface area contributed by atoms with Crippen LogP contribution < -0.4 is 10.6 Å². The second kappa shape index (κ2) is 6.36. The van der Waals surface area contributed by atoms with E-state index in [0.717, 1.165) is 29.9 Å². The van der Waals surface area contributed by atoms with Crippen LogP contribution in [0.1, 0.15) is 25.5 Å². The van der Waals surface area contributed by atoms with Crippen LogP contribution in [0.15, 0.2) is 36.5 Å². The van der Waals surface area contributed by atoms with Crippen molar-refractivity contribution in [1.82, 2.24) is 15.1 Å². The molecule has 0 radical (unpaired) electrons. The second-order valence-electron chi connectivity index (χ2n) is 6.38. The Bertz CT molecular complexity index is 772. The van der Waals surface area contributed by atoms with E-state index in [1.807, 2.05) is 41.9 Å². The molecule has 6 nitrogen and oxygen atoms in total. The van der Waals surface area contributed by atoms with Crippen molar-refractivity contribution >= 4 is 11.6 Å². The van der Waals surface area contributed by atoms with E-state index >= 15 is 0 Å². The zero-order valence-corrected chi connectivity index (χ0v) is 13.9. The molecule has 1 amide bonds. The summed E-state index contributed by atoms with van der Waals surface area (Å²) in [5.74, 6) is 0.0897. The first kappa shape index (κ1) is 16.1. The summed E-state index contributed by atoms with van der Waals surface area (Å²) in [4.78, 5) is 12.2. The summed E-state index contributed by atoms with van der Waals surface area (Å²) in [6.07, 6.45) is 3.71.